The van der Waals surface area contributed by atoms with Crippen molar-refractivity contribution in [2.75, 3.05) is 14.2 Å². The number of methoxy groups -OCH3 is 2. The molecule has 0 aromatic rings. The van der Waals surface area contributed by atoms with Crippen LogP contribution < -0.4 is 0 Å². The number of esters is 1. The Morgan fingerprint density at radius 1 is 0.880 bits per heavy atom. The minimum Gasteiger partial charge on any atom is -0.462 e. The lowest BCUT2D eigenvalue weighted by atomic mass is 10.0. The predicted molar refractivity (Wildman–Crippen MR) is 100 cm³/mol. The lowest BCUT2D eigenvalue weighted by molar-refractivity contribution is -0.151. The molecule has 0 radical (unpaired) electrons. The highest BCUT2D eigenvalue weighted by atomic mass is 16.7. The zero-order valence-corrected chi connectivity index (χ0v) is 16.8. The second-order valence-electron chi connectivity index (χ2n) is 6.74. The van der Waals surface area contributed by atoms with Crippen molar-refractivity contribution in [2.24, 2.45) is 0 Å². The molecule has 150 valence electrons. The molecule has 0 aliphatic carbocycles. The van der Waals surface area contributed by atoms with E-state index in [1.165, 1.54) is 32.1 Å². The van der Waals surface area contributed by atoms with Crippen molar-refractivity contribution >= 4 is 5.97 Å². The first-order chi connectivity index (χ1) is 12.1. The first-order valence-electron chi connectivity index (χ1n) is 10.00. The van der Waals surface area contributed by atoms with Crippen LogP contribution in [0.25, 0.3) is 0 Å². The van der Waals surface area contributed by atoms with Crippen molar-refractivity contribution in [3.63, 3.8) is 0 Å². The predicted octanol–water partition coefficient (Wildman–Crippen LogP) is 4.60. The van der Waals surface area contributed by atoms with E-state index in [0.717, 1.165) is 19.3 Å². The summed E-state index contributed by atoms with van der Waals surface area (Å²) in [6, 6.07) is 0. The molecule has 0 bridgehead atoms. The Labute approximate surface area is 154 Å². The van der Waals surface area contributed by atoms with E-state index in [4.69, 9.17) is 14.2 Å². The molecule has 2 atom stereocenters. The summed E-state index contributed by atoms with van der Waals surface area (Å²) in [5.74, 6) is -0.188. The van der Waals surface area contributed by atoms with Crippen LogP contribution in [-0.4, -0.2) is 43.8 Å². The quantitative estimate of drug-likeness (QED) is 0.233. The number of hydrogen-bond acceptors (Lipinski definition) is 5. The van der Waals surface area contributed by atoms with E-state index in [2.05, 4.69) is 6.92 Å². The maximum atomic E-state index is 11.6. The van der Waals surface area contributed by atoms with E-state index in [1.807, 2.05) is 0 Å². The average molecular weight is 361 g/mol. The maximum Gasteiger partial charge on any atom is 0.305 e. The van der Waals surface area contributed by atoms with Crippen molar-refractivity contribution in [1.29, 1.82) is 0 Å². The summed E-state index contributed by atoms with van der Waals surface area (Å²) in [6.07, 6.45) is 10.5. The number of carbonyl (C=O) groups excluding carboxylic acids is 1. The normalized spacial score (nSPS) is 13.8. The highest BCUT2D eigenvalue weighted by Gasteiger charge is 2.19. The minimum atomic E-state index is -0.507. The number of aliphatic hydroxyl groups excluding tert-OH is 1. The van der Waals surface area contributed by atoms with Crippen molar-refractivity contribution in [1.82, 2.24) is 0 Å². The van der Waals surface area contributed by atoms with E-state index in [-0.39, 0.29) is 18.4 Å². The van der Waals surface area contributed by atoms with Crippen LogP contribution in [0, 0.1) is 0 Å². The molecule has 0 aromatic carbocycles. The highest BCUT2D eigenvalue weighted by Crippen LogP contribution is 2.18. The van der Waals surface area contributed by atoms with Gasteiger partial charge in [0.25, 0.3) is 0 Å². The molecule has 0 fully saturated rings. The molecule has 0 aromatic heterocycles. The lowest BCUT2D eigenvalue weighted by Crippen LogP contribution is -2.25. The Balaban J connectivity index is 4.12. The van der Waals surface area contributed by atoms with E-state index in [0.29, 0.717) is 25.7 Å². The van der Waals surface area contributed by atoms with Gasteiger partial charge < -0.3 is 19.3 Å². The van der Waals surface area contributed by atoms with Crippen LogP contribution in [-0.2, 0) is 19.0 Å². The van der Waals surface area contributed by atoms with Gasteiger partial charge in [0, 0.05) is 33.5 Å². The van der Waals surface area contributed by atoms with Crippen molar-refractivity contribution in [3.05, 3.63) is 0 Å². The van der Waals surface area contributed by atoms with Crippen LogP contribution in [0.4, 0.5) is 0 Å². The van der Waals surface area contributed by atoms with Gasteiger partial charge in [-0.2, -0.15) is 0 Å². The molecular formula is C20H40O5. The summed E-state index contributed by atoms with van der Waals surface area (Å²) in [5.41, 5.74) is 0. The monoisotopic (exact) mass is 360 g/mol. The number of unbranched alkanes of at least 4 members (excludes halogenated alkanes) is 6. The van der Waals surface area contributed by atoms with Crippen LogP contribution in [0.2, 0.25) is 0 Å². The molecule has 5 heteroatoms. The van der Waals surface area contributed by atoms with Crippen LogP contribution in [0.1, 0.15) is 90.9 Å². The van der Waals surface area contributed by atoms with E-state index < -0.39 is 6.10 Å². The molecular weight excluding hydrogens is 320 g/mol. The molecule has 5 nitrogen and oxygen atoms in total. The van der Waals surface area contributed by atoms with Crippen LogP contribution in [0.3, 0.4) is 0 Å². The molecule has 0 unspecified atom stereocenters. The fourth-order valence-corrected chi connectivity index (χ4v) is 2.90. The molecule has 0 saturated heterocycles. The van der Waals surface area contributed by atoms with Gasteiger partial charge in [-0.05, 0) is 19.3 Å². The Bertz CT molecular complexity index is 304. The summed E-state index contributed by atoms with van der Waals surface area (Å²) in [5, 5.41) is 10.2. The fraction of sp³-hybridized carbons (Fsp3) is 0.950. The molecule has 0 aliphatic rings. The second kappa shape index (κ2) is 16.8. The summed E-state index contributed by atoms with van der Waals surface area (Å²) in [4.78, 5) is 11.6. The topological polar surface area (TPSA) is 65.0 Å². The maximum absolute atomic E-state index is 11.6. The van der Waals surface area contributed by atoms with Gasteiger partial charge in [0.15, 0.2) is 6.29 Å². The molecule has 0 spiro atoms. The first kappa shape index (κ1) is 24.4. The third kappa shape index (κ3) is 14.2. The van der Waals surface area contributed by atoms with E-state index in [9.17, 15) is 9.90 Å². The number of aliphatic hydroxyl groups is 1. The van der Waals surface area contributed by atoms with Crippen molar-refractivity contribution in [3.8, 4) is 0 Å². The van der Waals surface area contributed by atoms with Crippen LogP contribution >= 0.6 is 0 Å². The Morgan fingerprint density at radius 3 is 2.04 bits per heavy atom. The highest BCUT2D eigenvalue weighted by molar-refractivity contribution is 5.69. The molecule has 0 saturated carbocycles. The number of carbonyl (C=O) groups is 1. The smallest absolute Gasteiger partial charge is 0.305 e. The zero-order valence-electron chi connectivity index (χ0n) is 16.8. The molecule has 0 heterocycles. The largest absolute Gasteiger partial charge is 0.462 e. The van der Waals surface area contributed by atoms with Gasteiger partial charge in [0.2, 0.25) is 0 Å². The fourth-order valence-electron chi connectivity index (χ4n) is 2.90. The van der Waals surface area contributed by atoms with Crippen LogP contribution in [0.15, 0.2) is 0 Å². The lowest BCUT2D eigenvalue weighted by Gasteiger charge is -2.22. The number of rotatable bonds is 17. The van der Waals surface area contributed by atoms with Gasteiger partial charge in [0.1, 0.15) is 6.10 Å². The second-order valence-corrected chi connectivity index (χ2v) is 6.74. The number of ether oxygens (including phenoxy) is 3. The summed E-state index contributed by atoms with van der Waals surface area (Å²) >= 11 is 0. The van der Waals surface area contributed by atoms with Gasteiger partial charge in [-0.15, -0.1) is 0 Å². The van der Waals surface area contributed by atoms with Gasteiger partial charge in [-0.25, -0.2) is 0 Å². The molecule has 0 rings (SSSR count). The molecule has 1 N–H and O–H groups in total. The third-order valence-electron chi connectivity index (χ3n) is 4.51. The Kier molecular flexibility index (Phi) is 16.4. The standard InChI is InChI=1S/C20H40O5/c1-5-7-8-9-10-11-12-13-18(25-19(22)6-2)16-17(21)14-15-20(23-3)24-4/h17-18,20-21H,5-16H2,1-4H3/t17-,18-/m1/s1. The SMILES string of the molecule is CCCCCCCCC[C@H](C[C@H](O)CCC(OC)OC)OC(=O)CC. The van der Waals surface area contributed by atoms with Gasteiger partial charge in [0.05, 0.1) is 6.10 Å². The molecule has 25 heavy (non-hydrogen) atoms. The number of hydrogen-bond donors (Lipinski definition) is 1. The molecule has 0 amide bonds. The van der Waals surface area contributed by atoms with Gasteiger partial charge >= 0.3 is 5.97 Å². The summed E-state index contributed by atoms with van der Waals surface area (Å²) < 4.78 is 15.8. The van der Waals surface area contributed by atoms with Crippen molar-refractivity contribution in [2.45, 2.75) is 109 Å². The van der Waals surface area contributed by atoms with Crippen LogP contribution in [0.5, 0.6) is 0 Å². The third-order valence-corrected chi connectivity index (χ3v) is 4.51. The van der Waals surface area contributed by atoms with Gasteiger partial charge in [-0.3, -0.25) is 4.79 Å². The van der Waals surface area contributed by atoms with E-state index in [1.54, 1.807) is 21.1 Å². The first-order valence-corrected chi connectivity index (χ1v) is 10.00. The summed E-state index contributed by atoms with van der Waals surface area (Å²) in [6.45, 7) is 4.02. The summed E-state index contributed by atoms with van der Waals surface area (Å²) in [7, 11) is 3.18. The average Bonchev–Trinajstić information content (AvgIpc) is 2.61. The van der Waals surface area contributed by atoms with Crippen molar-refractivity contribution < 1.29 is 24.1 Å². The molecule has 0 aliphatic heterocycles. The van der Waals surface area contributed by atoms with Gasteiger partial charge in [-0.1, -0.05) is 52.4 Å². The van der Waals surface area contributed by atoms with E-state index >= 15 is 0 Å². The Hall–Kier alpha value is -0.650. The zero-order chi connectivity index (χ0) is 18.9. The minimum absolute atomic E-state index is 0.188. The Morgan fingerprint density at radius 2 is 1.48 bits per heavy atom.